The Morgan fingerprint density at radius 3 is 2.55 bits per heavy atom. The Bertz CT molecular complexity index is 1020. The minimum atomic E-state index is -0.207. The molecule has 2 aromatic rings. The average molecular weight is 424 g/mol. The summed E-state index contributed by atoms with van der Waals surface area (Å²) in [6, 6.07) is 8.58. The van der Waals surface area contributed by atoms with Crippen LogP contribution < -0.4 is 14.2 Å². The maximum Gasteiger partial charge on any atom is 0.231 e. The van der Waals surface area contributed by atoms with E-state index in [1.165, 1.54) is 6.42 Å². The molecule has 0 spiro atoms. The molecule has 31 heavy (non-hydrogen) atoms. The monoisotopic (exact) mass is 423 g/mol. The summed E-state index contributed by atoms with van der Waals surface area (Å²) in [4.78, 5) is 15.4. The van der Waals surface area contributed by atoms with Gasteiger partial charge in [0.15, 0.2) is 5.76 Å². The molecule has 0 radical (unpaired) electrons. The molecular formula is C25H29NO5. The Labute approximate surface area is 183 Å². The third-order valence-electron chi connectivity index (χ3n) is 5.97. The number of hydrogen-bond acceptors (Lipinski definition) is 6. The van der Waals surface area contributed by atoms with Crippen LogP contribution >= 0.6 is 0 Å². The van der Waals surface area contributed by atoms with E-state index >= 15 is 0 Å². The van der Waals surface area contributed by atoms with E-state index in [1.54, 1.807) is 50.6 Å². The lowest BCUT2D eigenvalue weighted by Crippen LogP contribution is -2.38. The fraction of sp³-hybridized carbons (Fsp3) is 0.400. The number of benzene rings is 2. The van der Waals surface area contributed by atoms with E-state index in [0.717, 1.165) is 13.1 Å². The van der Waals surface area contributed by atoms with Crippen LogP contribution in [0.1, 0.15) is 41.8 Å². The molecule has 2 aliphatic heterocycles. The number of carbonyl (C=O) groups is 1. The lowest BCUT2D eigenvalue weighted by molar-refractivity contribution is 0.101. The van der Waals surface area contributed by atoms with Crippen molar-refractivity contribution >= 4 is 11.9 Å². The molecule has 6 nitrogen and oxygen atoms in total. The SMILES string of the molecule is COc1ccc(OC)c(/C=C2\Oc3c(ccc(O)c3CN3C[C@@H](C)C[C@H](C)C3)C2=O)c1. The number of phenolic OH excluding ortho intramolecular Hbond substituents is 1. The van der Waals surface area contributed by atoms with E-state index in [4.69, 9.17) is 14.2 Å². The highest BCUT2D eigenvalue weighted by atomic mass is 16.5. The number of ether oxygens (including phenoxy) is 3. The van der Waals surface area contributed by atoms with E-state index in [9.17, 15) is 9.90 Å². The van der Waals surface area contributed by atoms with Crippen LogP contribution in [0.25, 0.3) is 6.08 Å². The highest BCUT2D eigenvalue weighted by molar-refractivity contribution is 6.15. The third-order valence-corrected chi connectivity index (χ3v) is 5.97. The Balaban J connectivity index is 1.67. The zero-order valence-corrected chi connectivity index (χ0v) is 18.5. The minimum absolute atomic E-state index is 0.151. The van der Waals surface area contributed by atoms with Gasteiger partial charge in [-0.2, -0.15) is 0 Å². The summed E-state index contributed by atoms with van der Waals surface area (Å²) >= 11 is 0. The largest absolute Gasteiger partial charge is 0.507 e. The first-order valence-electron chi connectivity index (χ1n) is 10.6. The molecule has 0 amide bonds. The second kappa shape index (κ2) is 8.63. The highest BCUT2D eigenvalue weighted by Gasteiger charge is 2.33. The third kappa shape index (κ3) is 4.26. The summed E-state index contributed by atoms with van der Waals surface area (Å²) in [6.45, 7) is 6.98. The van der Waals surface area contributed by atoms with Gasteiger partial charge in [0.1, 0.15) is 23.0 Å². The molecule has 0 aliphatic carbocycles. The van der Waals surface area contributed by atoms with Crippen molar-refractivity contribution in [2.45, 2.75) is 26.8 Å². The summed E-state index contributed by atoms with van der Waals surface area (Å²) in [5, 5.41) is 10.6. The molecule has 4 rings (SSSR count). The number of likely N-dealkylation sites (tertiary alicyclic amines) is 1. The van der Waals surface area contributed by atoms with Crippen LogP contribution in [0, 0.1) is 11.8 Å². The molecule has 6 heteroatoms. The molecule has 0 saturated carbocycles. The molecule has 2 aliphatic rings. The lowest BCUT2D eigenvalue weighted by atomic mass is 9.91. The van der Waals surface area contributed by atoms with E-state index in [1.807, 2.05) is 0 Å². The summed E-state index contributed by atoms with van der Waals surface area (Å²) in [5.41, 5.74) is 1.81. The number of fused-ring (bicyclic) bond motifs is 1. The molecule has 2 aromatic carbocycles. The van der Waals surface area contributed by atoms with Gasteiger partial charge in [-0.25, -0.2) is 0 Å². The molecule has 0 aromatic heterocycles. The molecule has 164 valence electrons. The lowest BCUT2D eigenvalue weighted by Gasteiger charge is -2.35. The molecule has 2 atom stereocenters. The van der Waals surface area contributed by atoms with Gasteiger partial charge in [-0.1, -0.05) is 13.8 Å². The van der Waals surface area contributed by atoms with Crippen LogP contribution in [0.4, 0.5) is 0 Å². The first-order chi connectivity index (χ1) is 14.9. The van der Waals surface area contributed by atoms with Crippen molar-refractivity contribution in [3.05, 3.63) is 52.8 Å². The first kappa shape index (κ1) is 21.2. The number of Topliss-reactive ketones (excluding diaryl/α,β-unsaturated/α-hetero) is 1. The highest BCUT2D eigenvalue weighted by Crippen LogP contribution is 2.41. The van der Waals surface area contributed by atoms with Crippen molar-refractivity contribution in [3.8, 4) is 23.0 Å². The Morgan fingerprint density at radius 1 is 1.13 bits per heavy atom. The zero-order valence-electron chi connectivity index (χ0n) is 18.5. The van der Waals surface area contributed by atoms with Crippen LogP contribution in [0.5, 0.6) is 23.0 Å². The van der Waals surface area contributed by atoms with Gasteiger partial charge < -0.3 is 19.3 Å². The van der Waals surface area contributed by atoms with Crippen molar-refractivity contribution in [1.29, 1.82) is 0 Å². The van der Waals surface area contributed by atoms with Crippen molar-refractivity contribution in [3.63, 3.8) is 0 Å². The van der Waals surface area contributed by atoms with E-state index in [0.29, 0.717) is 52.3 Å². The van der Waals surface area contributed by atoms with Crippen molar-refractivity contribution in [2.24, 2.45) is 11.8 Å². The van der Waals surface area contributed by atoms with Gasteiger partial charge in [0, 0.05) is 25.2 Å². The second-order valence-corrected chi connectivity index (χ2v) is 8.63. The Morgan fingerprint density at radius 2 is 1.87 bits per heavy atom. The second-order valence-electron chi connectivity index (χ2n) is 8.63. The molecule has 0 bridgehead atoms. The van der Waals surface area contributed by atoms with Gasteiger partial charge in [0.05, 0.1) is 25.3 Å². The number of allylic oxidation sites excluding steroid dienone is 1. The maximum absolute atomic E-state index is 13.1. The van der Waals surface area contributed by atoms with Gasteiger partial charge in [0.25, 0.3) is 0 Å². The number of piperidine rings is 1. The van der Waals surface area contributed by atoms with E-state index in [2.05, 4.69) is 18.7 Å². The van der Waals surface area contributed by atoms with Gasteiger partial charge in [-0.15, -0.1) is 0 Å². The quantitative estimate of drug-likeness (QED) is 0.714. The smallest absolute Gasteiger partial charge is 0.231 e. The predicted molar refractivity (Wildman–Crippen MR) is 119 cm³/mol. The number of hydrogen-bond donors (Lipinski definition) is 1. The number of ketones is 1. The number of aromatic hydroxyl groups is 1. The summed E-state index contributed by atoms with van der Waals surface area (Å²) in [5.74, 6) is 3.06. The number of carbonyl (C=O) groups excluding carboxylic acids is 1. The van der Waals surface area contributed by atoms with Crippen LogP contribution in [0.15, 0.2) is 36.1 Å². The number of phenols is 1. The van der Waals surface area contributed by atoms with Crippen molar-refractivity contribution in [1.82, 2.24) is 4.90 Å². The van der Waals surface area contributed by atoms with Crippen LogP contribution in [-0.4, -0.2) is 43.1 Å². The van der Waals surface area contributed by atoms with Crippen LogP contribution in [-0.2, 0) is 6.54 Å². The fourth-order valence-corrected chi connectivity index (χ4v) is 4.69. The molecule has 2 heterocycles. The summed E-state index contributed by atoms with van der Waals surface area (Å²) in [7, 11) is 3.16. The van der Waals surface area contributed by atoms with Gasteiger partial charge in [0.2, 0.25) is 5.78 Å². The van der Waals surface area contributed by atoms with Crippen molar-refractivity contribution in [2.75, 3.05) is 27.3 Å². The predicted octanol–water partition coefficient (Wildman–Crippen LogP) is 4.50. The molecule has 0 unspecified atom stereocenters. The van der Waals surface area contributed by atoms with Gasteiger partial charge in [-0.05, 0) is 54.7 Å². The number of nitrogens with zero attached hydrogens (tertiary/aromatic N) is 1. The zero-order chi connectivity index (χ0) is 22.1. The minimum Gasteiger partial charge on any atom is -0.507 e. The molecule has 1 N–H and O–H groups in total. The average Bonchev–Trinajstić information content (AvgIpc) is 3.05. The standard InChI is InChI=1S/C25H29NO5/c1-15-9-16(2)13-26(12-15)14-20-21(27)7-6-19-24(28)23(31-25(19)20)11-17-10-18(29-3)5-8-22(17)30-4/h5-8,10-11,15-16,27H,9,12-14H2,1-4H3/b23-11-/t15-,16-/m0/s1. The normalized spacial score (nSPS) is 22.3. The van der Waals surface area contributed by atoms with Crippen LogP contribution in [0.2, 0.25) is 0 Å². The Kier molecular flexibility index (Phi) is 5.92. The van der Waals surface area contributed by atoms with Gasteiger partial charge in [-0.3, -0.25) is 9.69 Å². The van der Waals surface area contributed by atoms with E-state index in [-0.39, 0.29) is 17.3 Å². The fourth-order valence-electron chi connectivity index (χ4n) is 4.69. The van der Waals surface area contributed by atoms with E-state index < -0.39 is 0 Å². The van der Waals surface area contributed by atoms with Gasteiger partial charge >= 0.3 is 0 Å². The molecule has 1 saturated heterocycles. The topological polar surface area (TPSA) is 68.2 Å². The summed E-state index contributed by atoms with van der Waals surface area (Å²) in [6.07, 6.45) is 2.87. The molecular weight excluding hydrogens is 394 g/mol. The number of rotatable bonds is 5. The number of methoxy groups -OCH3 is 2. The maximum atomic E-state index is 13.1. The van der Waals surface area contributed by atoms with Crippen molar-refractivity contribution < 1.29 is 24.1 Å². The first-order valence-corrected chi connectivity index (χ1v) is 10.6. The molecule has 1 fully saturated rings. The summed E-state index contributed by atoms with van der Waals surface area (Å²) < 4.78 is 16.7. The Hall–Kier alpha value is -2.99. The van der Waals surface area contributed by atoms with Crippen LogP contribution in [0.3, 0.4) is 0 Å².